The van der Waals surface area contributed by atoms with Gasteiger partial charge in [0, 0.05) is 13.6 Å². The van der Waals surface area contributed by atoms with Crippen molar-refractivity contribution in [2.45, 2.75) is 13.5 Å². The molecule has 0 bridgehead atoms. The number of hydrogen-bond acceptors (Lipinski definition) is 4. The Bertz CT molecular complexity index is 688. The van der Waals surface area contributed by atoms with Gasteiger partial charge in [-0.25, -0.2) is 0 Å². The molecule has 0 aromatic carbocycles. The summed E-state index contributed by atoms with van der Waals surface area (Å²) in [5, 5.41) is 0. The quantitative estimate of drug-likeness (QED) is 0.798. The minimum absolute atomic E-state index is 0.0621. The van der Waals surface area contributed by atoms with Crippen molar-refractivity contribution < 1.29 is 0 Å². The molecule has 2 aromatic rings. The first-order chi connectivity index (χ1) is 7.06. The summed E-state index contributed by atoms with van der Waals surface area (Å²) in [7, 11) is 1.82. The molecule has 0 aliphatic carbocycles. The summed E-state index contributed by atoms with van der Waals surface area (Å²) in [5.74, 6) is 0. The van der Waals surface area contributed by atoms with Crippen LogP contribution in [0, 0.1) is 8.73 Å². The Kier molecular flexibility index (Phi) is 2.61. The van der Waals surface area contributed by atoms with E-state index in [9.17, 15) is 4.79 Å². The third-order valence-corrected chi connectivity index (χ3v) is 4.11. The van der Waals surface area contributed by atoms with E-state index in [0.717, 1.165) is 0 Å². The van der Waals surface area contributed by atoms with E-state index in [1.165, 1.54) is 15.9 Å². The number of rotatable bonds is 1. The van der Waals surface area contributed by atoms with Crippen LogP contribution in [0.3, 0.4) is 0 Å². The van der Waals surface area contributed by atoms with Gasteiger partial charge < -0.3 is 9.55 Å². The van der Waals surface area contributed by atoms with E-state index in [2.05, 4.69) is 4.98 Å². The number of nitrogens with zero attached hydrogens (tertiary/aromatic N) is 2. The first kappa shape index (κ1) is 10.7. The molecular weight excluding hydrogens is 250 g/mol. The lowest BCUT2D eigenvalue weighted by Crippen LogP contribution is -2.20. The molecule has 0 fully saturated rings. The van der Waals surface area contributed by atoms with Crippen molar-refractivity contribution in [1.29, 1.82) is 0 Å². The van der Waals surface area contributed by atoms with Gasteiger partial charge >= 0.3 is 0 Å². The molecule has 0 aliphatic heterocycles. The molecule has 0 spiro atoms. The van der Waals surface area contributed by atoms with Crippen LogP contribution in [0.15, 0.2) is 4.79 Å². The lowest BCUT2D eigenvalue weighted by molar-refractivity contribution is 0.702. The molecule has 0 aliphatic rings. The summed E-state index contributed by atoms with van der Waals surface area (Å²) in [6.07, 6.45) is 0. The molecule has 0 saturated carbocycles. The highest BCUT2D eigenvalue weighted by Gasteiger charge is 2.09. The fraction of sp³-hybridized carbons (Fsp3) is 0.375. The lowest BCUT2D eigenvalue weighted by Gasteiger charge is -2.02. The molecule has 4 nitrogen and oxygen atoms in total. The van der Waals surface area contributed by atoms with Crippen LogP contribution in [-0.2, 0) is 13.6 Å². The Balaban J connectivity index is 3.11. The monoisotopic (exact) mass is 259 g/mol. The van der Waals surface area contributed by atoms with E-state index in [-0.39, 0.29) is 5.56 Å². The second-order valence-electron chi connectivity index (χ2n) is 3.08. The molecule has 2 aromatic heterocycles. The zero-order valence-electron chi connectivity index (χ0n) is 8.23. The standard InChI is InChI=1S/C8H9N3OS3/c1-3-11-6(12)4-5(9-7(11)13)10(2)8(14)15-4/h3H2,1-2H3,(H,9,13). The molecule has 2 rings (SSSR count). The highest BCUT2D eigenvalue weighted by molar-refractivity contribution is 7.73. The van der Waals surface area contributed by atoms with Crippen molar-refractivity contribution in [3.63, 3.8) is 0 Å². The Morgan fingerprint density at radius 2 is 2.13 bits per heavy atom. The van der Waals surface area contributed by atoms with Crippen LogP contribution in [0.25, 0.3) is 10.3 Å². The number of aromatic amines is 1. The van der Waals surface area contributed by atoms with Crippen LogP contribution in [0.5, 0.6) is 0 Å². The van der Waals surface area contributed by atoms with E-state index in [0.29, 0.717) is 25.6 Å². The third-order valence-electron chi connectivity index (χ3n) is 2.24. The van der Waals surface area contributed by atoms with Crippen molar-refractivity contribution in [1.82, 2.24) is 14.1 Å². The molecule has 0 atom stereocenters. The van der Waals surface area contributed by atoms with Gasteiger partial charge in [-0.2, -0.15) is 0 Å². The summed E-state index contributed by atoms with van der Waals surface area (Å²) < 4.78 is 5.05. The van der Waals surface area contributed by atoms with Gasteiger partial charge in [-0.3, -0.25) is 9.36 Å². The van der Waals surface area contributed by atoms with Crippen LogP contribution in [0.4, 0.5) is 0 Å². The smallest absolute Gasteiger partial charge is 0.273 e. The van der Waals surface area contributed by atoms with Gasteiger partial charge in [0.15, 0.2) is 8.73 Å². The molecule has 0 radical (unpaired) electrons. The molecule has 80 valence electrons. The first-order valence-corrected chi connectivity index (χ1v) is 6.02. The van der Waals surface area contributed by atoms with Crippen LogP contribution in [0.1, 0.15) is 6.92 Å². The largest absolute Gasteiger partial charge is 0.317 e. The van der Waals surface area contributed by atoms with Gasteiger partial charge in [0.05, 0.1) is 0 Å². The number of aryl methyl sites for hydroxylation is 1. The second kappa shape index (κ2) is 3.66. The molecule has 0 amide bonds. The predicted molar refractivity (Wildman–Crippen MR) is 66.7 cm³/mol. The van der Waals surface area contributed by atoms with Crippen LogP contribution >= 0.6 is 35.8 Å². The number of thiazole rings is 1. The Morgan fingerprint density at radius 1 is 1.47 bits per heavy atom. The van der Waals surface area contributed by atoms with Crippen molar-refractivity contribution in [3.05, 3.63) is 19.1 Å². The Hall–Kier alpha value is -0.790. The van der Waals surface area contributed by atoms with Crippen molar-refractivity contribution in [2.75, 3.05) is 0 Å². The van der Waals surface area contributed by atoms with Gasteiger partial charge in [0.2, 0.25) is 0 Å². The first-order valence-electron chi connectivity index (χ1n) is 4.39. The molecule has 0 unspecified atom stereocenters. The molecule has 7 heteroatoms. The SMILES string of the molecule is CCn1c(=S)[nH]c2c(sc(=S)n2C)c1=O. The average Bonchev–Trinajstić information content (AvgIpc) is 2.46. The predicted octanol–water partition coefficient (Wildman–Crippen LogP) is 2.21. The van der Waals surface area contributed by atoms with E-state index in [1.807, 2.05) is 14.0 Å². The van der Waals surface area contributed by atoms with Crippen molar-refractivity contribution in [2.24, 2.45) is 7.05 Å². The minimum atomic E-state index is -0.0621. The van der Waals surface area contributed by atoms with Gasteiger partial charge in [0.1, 0.15) is 10.3 Å². The molecule has 0 saturated heterocycles. The van der Waals surface area contributed by atoms with E-state index in [1.54, 1.807) is 4.57 Å². The van der Waals surface area contributed by atoms with Crippen molar-refractivity contribution in [3.8, 4) is 0 Å². The van der Waals surface area contributed by atoms with Gasteiger partial charge in [-0.05, 0) is 31.4 Å². The van der Waals surface area contributed by atoms with Crippen molar-refractivity contribution >= 4 is 46.1 Å². The molecular formula is C8H9N3OS3. The summed E-state index contributed by atoms with van der Waals surface area (Å²) in [6, 6.07) is 0. The van der Waals surface area contributed by atoms with E-state index >= 15 is 0 Å². The maximum Gasteiger partial charge on any atom is 0.273 e. The lowest BCUT2D eigenvalue weighted by atomic mass is 10.5. The highest BCUT2D eigenvalue weighted by atomic mass is 32.1. The summed E-state index contributed by atoms with van der Waals surface area (Å²) in [5.41, 5.74) is 0.651. The summed E-state index contributed by atoms with van der Waals surface area (Å²) >= 11 is 11.5. The van der Waals surface area contributed by atoms with Gasteiger partial charge in [0.25, 0.3) is 5.56 Å². The van der Waals surface area contributed by atoms with Gasteiger partial charge in [-0.1, -0.05) is 11.3 Å². The third kappa shape index (κ3) is 1.51. The number of aromatic nitrogens is 3. The highest BCUT2D eigenvalue weighted by Crippen LogP contribution is 2.16. The van der Waals surface area contributed by atoms with Gasteiger partial charge in [-0.15, -0.1) is 0 Å². The zero-order valence-corrected chi connectivity index (χ0v) is 10.7. The zero-order chi connectivity index (χ0) is 11.2. The maximum atomic E-state index is 12.0. The van der Waals surface area contributed by atoms with Crippen LogP contribution < -0.4 is 5.56 Å². The van der Waals surface area contributed by atoms with Crippen LogP contribution in [-0.4, -0.2) is 14.1 Å². The fourth-order valence-electron chi connectivity index (χ4n) is 1.40. The average molecular weight is 259 g/mol. The fourth-order valence-corrected chi connectivity index (χ4v) is 2.94. The summed E-state index contributed by atoms with van der Waals surface area (Å²) in [4.78, 5) is 15.0. The van der Waals surface area contributed by atoms with E-state index in [4.69, 9.17) is 24.4 Å². The second-order valence-corrected chi connectivity index (χ2v) is 5.12. The Morgan fingerprint density at radius 3 is 2.73 bits per heavy atom. The molecule has 15 heavy (non-hydrogen) atoms. The maximum absolute atomic E-state index is 12.0. The normalized spacial score (nSPS) is 11.1. The van der Waals surface area contributed by atoms with E-state index < -0.39 is 0 Å². The number of hydrogen-bond donors (Lipinski definition) is 1. The number of H-pyrrole nitrogens is 1. The molecule has 1 N–H and O–H groups in total. The summed E-state index contributed by atoms with van der Waals surface area (Å²) in [6.45, 7) is 2.46. The minimum Gasteiger partial charge on any atom is -0.317 e. The van der Waals surface area contributed by atoms with Crippen LogP contribution in [0.2, 0.25) is 0 Å². The Labute approximate surface area is 99.8 Å². The number of fused-ring (bicyclic) bond motifs is 1. The topological polar surface area (TPSA) is 42.7 Å². The molecule has 2 heterocycles. The number of nitrogens with one attached hydrogen (secondary N) is 1.